The largest absolute Gasteiger partial charge is 0.376 e. The number of carbonyl (C=O) groups is 2. The summed E-state index contributed by atoms with van der Waals surface area (Å²) in [6.45, 7) is 2.34. The second-order valence-corrected chi connectivity index (χ2v) is 6.72. The van der Waals surface area contributed by atoms with Crippen molar-refractivity contribution in [2.75, 3.05) is 11.9 Å². The fourth-order valence-electron chi connectivity index (χ4n) is 2.33. The molecular weight excluding hydrogens is 336 g/mol. The number of rotatable bonds is 5. The van der Waals surface area contributed by atoms with Gasteiger partial charge < -0.3 is 10.6 Å². The van der Waals surface area contributed by atoms with Gasteiger partial charge in [-0.15, -0.1) is 11.3 Å². The molecular formula is C18H18N4O2S. The first-order valence-electron chi connectivity index (χ1n) is 7.83. The normalized spacial score (nSPS) is 10.4. The van der Waals surface area contributed by atoms with Crippen molar-refractivity contribution in [2.24, 2.45) is 0 Å². The van der Waals surface area contributed by atoms with Gasteiger partial charge in [0.05, 0.1) is 21.8 Å². The van der Waals surface area contributed by atoms with Crippen LogP contribution < -0.4 is 16.0 Å². The second-order valence-electron chi connectivity index (χ2n) is 5.49. The fraction of sp³-hybridized carbons (Fsp3) is 0.167. The van der Waals surface area contributed by atoms with Crippen molar-refractivity contribution in [3.8, 4) is 0 Å². The molecule has 3 rings (SSSR count). The van der Waals surface area contributed by atoms with Crippen LogP contribution in [-0.2, 0) is 11.3 Å². The van der Waals surface area contributed by atoms with E-state index in [9.17, 15) is 9.59 Å². The van der Waals surface area contributed by atoms with Crippen LogP contribution in [0.4, 0.5) is 10.5 Å². The standard InChI is InChI=1S/C18H18N4O2S/c1-12-21-15-8-7-14(9-16(15)25-12)19-11-17(23)22-18(24)20-10-13-5-3-2-4-6-13/h2-9,19H,10-11H2,1H3,(H2,20,22,23,24). The molecule has 7 heteroatoms. The lowest BCUT2D eigenvalue weighted by Gasteiger charge is -2.08. The SMILES string of the molecule is Cc1nc2ccc(NCC(=O)NC(=O)NCc3ccccc3)cc2s1. The van der Waals surface area contributed by atoms with Crippen LogP contribution in [0.3, 0.4) is 0 Å². The Morgan fingerprint density at radius 2 is 1.92 bits per heavy atom. The number of amides is 3. The molecule has 0 aliphatic rings. The molecule has 3 N–H and O–H groups in total. The molecule has 0 aliphatic carbocycles. The quantitative estimate of drug-likeness (QED) is 0.658. The van der Waals surface area contributed by atoms with Gasteiger partial charge in [-0.05, 0) is 30.7 Å². The van der Waals surface area contributed by atoms with E-state index in [4.69, 9.17) is 0 Å². The van der Waals surface area contributed by atoms with E-state index in [0.717, 1.165) is 26.5 Å². The Kier molecular flexibility index (Phi) is 5.25. The van der Waals surface area contributed by atoms with Crippen molar-refractivity contribution in [3.63, 3.8) is 0 Å². The van der Waals surface area contributed by atoms with E-state index < -0.39 is 11.9 Å². The monoisotopic (exact) mass is 354 g/mol. The second kappa shape index (κ2) is 7.76. The Hall–Kier alpha value is -2.93. The lowest BCUT2D eigenvalue weighted by atomic mass is 10.2. The van der Waals surface area contributed by atoms with E-state index in [0.29, 0.717) is 6.54 Å². The third-order valence-corrected chi connectivity index (χ3v) is 4.43. The minimum Gasteiger partial charge on any atom is -0.376 e. The number of benzene rings is 2. The Morgan fingerprint density at radius 3 is 2.72 bits per heavy atom. The number of aromatic nitrogens is 1. The first-order chi connectivity index (χ1) is 12.1. The van der Waals surface area contributed by atoms with E-state index >= 15 is 0 Å². The number of carbonyl (C=O) groups excluding carboxylic acids is 2. The topological polar surface area (TPSA) is 83.1 Å². The summed E-state index contributed by atoms with van der Waals surface area (Å²) in [6, 6.07) is 14.7. The maximum Gasteiger partial charge on any atom is 0.321 e. The van der Waals surface area contributed by atoms with Gasteiger partial charge in [0.15, 0.2) is 0 Å². The van der Waals surface area contributed by atoms with Crippen molar-refractivity contribution in [1.29, 1.82) is 0 Å². The molecule has 0 spiro atoms. The van der Waals surface area contributed by atoms with Gasteiger partial charge in [-0.1, -0.05) is 30.3 Å². The molecule has 0 saturated heterocycles. The summed E-state index contributed by atoms with van der Waals surface area (Å²) >= 11 is 1.60. The third-order valence-electron chi connectivity index (χ3n) is 3.50. The van der Waals surface area contributed by atoms with Gasteiger partial charge in [0.25, 0.3) is 0 Å². The lowest BCUT2D eigenvalue weighted by Crippen LogP contribution is -2.41. The smallest absolute Gasteiger partial charge is 0.321 e. The average Bonchev–Trinajstić information content (AvgIpc) is 2.98. The molecule has 3 aromatic rings. The lowest BCUT2D eigenvalue weighted by molar-refractivity contribution is -0.118. The van der Waals surface area contributed by atoms with Crippen molar-refractivity contribution < 1.29 is 9.59 Å². The van der Waals surface area contributed by atoms with Crippen LogP contribution >= 0.6 is 11.3 Å². The number of aryl methyl sites for hydroxylation is 1. The zero-order valence-corrected chi connectivity index (χ0v) is 14.5. The summed E-state index contributed by atoms with van der Waals surface area (Å²) in [5.74, 6) is -0.397. The van der Waals surface area contributed by atoms with Crippen molar-refractivity contribution in [3.05, 3.63) is 59.1 Å². The maximum atomic E-state index is 11.9. The third kappa shape index (κ3) is 4.77. The molecule has 2 aromatic carbocycles. The highest BCUT2D eigenvalue weighted by Gasteiger charge is 2.08. The van der Waals surface area contributed by atoms with Crippen molar-refractivity contribution >= 4 is 39.2 Å². The molecule has 128 valence electrons. The molecule has 0 radical (unpaired) electrons. The van der Waals surface area contributed by atoms with Crippen LogP contribution in [0, 0.1) is 6.92 Å². The number of fused-ring (bicyclic) bond motifs is 1. The first-order valence-corrected chi connectivity index (χ1v) is 8.64. The highest BCUT2D eigenvalue weighted by Crippen LogP contribution is 2.24. The first kappa shape index (κ1) is 16.9. The van der Waals surface area contributed by atoms with Crippen LogP contribution in [0.25, 0.3) is 10.2 Å². The zero-order chi connectivity index (χ0) is 17.6. The van der Waals surface area contributed by atoms with Gasteiger partial charge in [0.2, 0.25) is 5.91 Å². The number of urea groups is 1. The van der Waals surface area contributed by atoms with Crippen molar-refractivity contribution in [2.45, 2.75) is 13.5 Å². The molecule has 0 saturated carbocycles. The molecule has 0 unspecified atom stereocenters. The van der Waals surface area contributed by atoms with Gasteiger partial charge >= 0.3 is 6.03 Å². The Morgan fingerprint density at radius 1 is 1.12 bits per heavy atom. The number of nitrogens with zero attached hydrogens (tertiary/aromatic N) is 1. The van der Waals surface area contributed by atoms with Gasteiger partial charge in [0.1, 0.15) is 0 Å². The summed E-state index contributed by atoms with van der Waals surface area (Å²) in [5.41, 5.74) is 2.73. The highest BCUT2D eigenvalue weighted by molar-refractivity contribution is 7.18. The number of thiazole rings is 1. The number of nitrogens with one attached hydrogen (secondary N) is 3. The molecule has 0 aliphatic heterocycles. The number of imide groups is 1. The minimum absolute atomic E-state index is 0.0159. The number of anilines is 1. The molecule has 6 nitrogen and oxygen atoms in total. The number of hydrogen-bond acceptors (Lipinski definition) is 5. The summed E-state index contributed by atoms with van der Waals surface area (Å²) in [7, 11) is 0. The fourth-order valence-corrected chi connectivity index (χ4v) is 3.19. The molecule has 1 heterocycles. The van der Waals surface area contributed by atoms with Crippen LogP contribution in [-0.4, -0.2) is 23.5 Å². The van der Waals surface area contributed by atoms with E-state index in [2.05, 4.69) is 20.9 Å². The summed E-state index contributed by atoms with van der Waals surface area (Å²) in [5, 5.41) is 8.96. The van der Waals surface area contributed by atoms with Gasteiger partial charge in [-0.3, -0.25) is 10.1 Å². The summed E-state index contributed by atoms with van der Waals surface area (Å²) < 4.78 is 1.06. The van der Waals surface area contributed by atoms with Gasteiger partial charge in [0, 0.05) is 12.2 Å². The zero-order valence-electron chi connectivity index (χ0n) is 13.7. The van der Waals surface area contributed by atoms with E-state index in [-0.39, 0.29) is 6.54 Å². The highest BCUT2D eigenvalue weighted by atomic mass is 32.1. The average molecular weight is 354 g/mol. The van der Waals surface area contributed by atoms with Crippen LogP contribution in [0.5, 0.6) is 0 Å². The molecule has 0 bridgehead atoms. The van der Waals surface area contributed by atoms with E-state index in [1.54, 1.807) is 11.3 Å². The van der Waals surface area contributed by atoms with Gasteiger partial charge in [-0.2, -0.15) is 0 Å². The van der Waals surface area contributed by atoms with Gasteiger partial charge in [-0.25, -0.2) is 9.78 Å². The predicted octanol–water partition coefficient (Wildman–Crippen LogP) is 3.04. The Bertz CT molecular complexity index is 892. The molecule has 25 heavy (non-hydrogen) atoms. The molecule has 3 amide bonds. The Labute approximate surface area is 149 Å². The van der Waals surface area contributed by atoms with E-state index in [1.165, 1.54) is 0 Å². The molecule has 0 atom stereocenters. The minimum atomic E-state index is -0.510. The predicted molar refractivity (Wildman–Crippen MR) is 99.7 cm³/mol. The number of hydrogen-bond donors (Lipinski definition) is 3. The van der Waals surface area contributed by atoms with Crippen molar-refractivity contribution in [1.82, 2.24) is 15.6 Å². The summed E-state index contributed by atoms with van der Waals surface area (Å²) in [6.07, 6.45) is 0. The molecule has 1 aromatic heterocycles. The maximum absolute atomic E-state index is 11.9. The van der Waals surface area contributed by atoms with Crippen LogP contribution in [0.1, 0.15) is 10.6 Å². The van der Waals surface area contributed by atoms with E-state index in [1.807, 2.05) is 55.5 Å². The summed E-state index contributed by atoms with van der Waals surface area (Å²) in [4.78, 5) is 28.0. The van der Waals surface area contributed by atoms with Crippen LogP contribution in [0.2, 0.25) is 0 Å². The van der Waals surface area contributed by atoms with Crippen LogP contribution in [0.15, 0.2) is 48.5 Å². The Balaban J connectivity index is 1.45. The molecule has 0 fully saturated rings.